The number of hydrogen-bond acceptors (Lipinski definition) is 4. The molecule has 2 aromatic rings. The second-order valence-corrected chi connectivity index (χ2v) is 9.95. The van der Waals surface area contributed by atoms with Gasteiger partial charge in [-0.15, -0.1) is 0 Å². The first kappa shape index (κ1) is 27.8. The van der Waals surface area contributed by atoms with E-state index in [0.29, 0.717) is 35.2 Å². The van der Waals surface area contributed by atoms with Gasteiger partial charge in [-0.3, -0.25) is 0 Å². The Bertz CT molecular complexity index is 954. The van der Waals surface area contributed by atoms with Crippen molar-refractivity contribution < 1.29 is 14.3 Å². The summed E-state index contributed by atoms with van der Waals surface area (Å²) in [5.74, 6) is 1.17. The van der Waals surface area contributed by atoms with Gasteiger partial charge in [0.2, 0.25) is 0 Å². The largest absolute Gasteiger partial charge is 0.492 e. The number of unbranched alkanes of at least 4 members (excludes halogenated alkanes) is 9. The van der Waals surface area contributed by atoms with E-state index in [2.05, 4.69) is 31.5 Å². The van der Waals surface area contributed by atoms with E-state index in [9.17, 15) is 10.1 Å². The maximum Gasteiger partial charge on any atom is 0.343 e. The molecule has 1 saturated carbocycles. The van der Waals surface area contributed by atoms with Crippen LogP contribution in [0.2, 0.25) is 0 Å². The average Bonchev–Trinajstić information content (AvgIpc) is 2.92. The maximum absolute atomic E-state index is 12.7. The summed E-state index contributed by atoms with van der Waals surface area (Å²) in [7, 11) is 0. The van der Waals surface area contributed by atoms with Gasteiger partial charge in [0.15, 0.2) is 0 Å². The molecule has 36 heavy (non-hydrogen) atoms. The zero-order chi connectivity index (χ0) is 25.4. The molecule has 1 fully saturated rings. The number of benzene rings is 2. The van der Waals surface area contributed by atoms with Gasteiger partial charge in [0, 0.05) is 0 Å². The molecule has 0 amide bonds. The first-order valence-electron chi connectivity index (χ1n) is 14.0. The van der Waals surface area contributed by atoms with Gasteiger partial charge in [-0.2, -0.15) is 5.26 Å². The molecule has 4 heteroatoms. The van der Waals surface area contributed by atoms with Crippen LogP contribution in [0.1, 0.15) is 124 Å². The van der Waals surface area contributed by atoms with Gasteiger partial charge in [0.05, 0.1) is 17.7 Å². The number of ether oxygens (including phenoxy) is 2. The van der Waals surface area contributed by atoms with Crippen LogP contribution in [0, 0.1) is 17.8 Å². The minimum Gasteiger partial charge on any atom is -0.492 e. The zero-order valence-electron chi connectivity index (χ0n) is 22.0. The topological polar surface area (TPSA) is 59.3 Å². The summed E-state index contributed by atoms with van der Waals surface area (Å²) in [5, 5.41) is 9.56. The van der Waals surface area contributed by atoms with Gasteiger partial charge >= 0.3 is 5.97 Å². The van der Waals surface area contributed by atoms with Gasteiger partial charge in [0.25, 0.3) is 0 Å². The van der Waals surface area contributed by atoms with Gasteiger partial charge < -0.3 is 9.47 Å². The molecule has 193 valence electrons. The molecule has 2 aromatic carbocycles. The van der Waals surface area contributed by atoms with Crippen LogP contribution in [-0.4, -0.2) is 12.6 Å². The molecule has 0 unspecified atom stereocenters. The van der Waals surface area contributed by atoms with Crippen LogP contribution in [0.3, 0.4) is 0 Å². The quantitative estimate of drug-likeness (QED) is 0.143. The maximum atomic E-state index is 12.7. The van der Waals surface area contributed by atoms with Crippen molar-refractivity contribution in [3.63, 3.8) is 0 Å². The van der Waals surface area contributed by atoms with Crippen molar-refractivity contribution in [3.8, 4) is 17.6 Å². The highest BCUT2D eigenvalue weighted by Gasteiger charge is 2.17. The lowest BCUT2D eigenvalue weighted by Crippen LogP contribution is -2.10. The number of rotatable bonds is 15. The van der Waals surface area contributed by atoms with E-state index >= 15 is 0 Å². The van der Waals surface area contributed by atoms with E-state index in [1.165, 1.54) is 82.6 Å². The van der Waals surface area contributed by atoms with E-state index in [1.807, 2.05) is 12.1 Å². The molecule has 0 N–H and O–H groups in total. The highest BCUT2D eigenvalue weighted by Crippen LogP contribution is 2.33. The third-order valence-corrected chi connectivity index (χ3v) is 7.09. The molecular weight excluding hydrogens is 446 g/mol. The second kappa shape index (κ2) is 16.0. The lowest BCUT2D eigenvalue weighted by Gasteiger charge is -2.21. The molecule has 0 aromatic heterocycles. The van der Waals surface area contributed by atoms with Crippen molar-refractivity contribution in [1.29, 1.82) is 5.26 Å². The Morgan fingerprint density at radius 3 is 2.17 bits per heavy atom. The number of hydrogen-bond donors (Lipinski definition) is 0. The number of carbonyl (C=O) groups excluding carboxylic acids is 1. The molecule has 1 radical (unpaired) electrons. The van der Waals surface area contributed by atoms with E-state index in [-0.39, 0.29) is 0 Å². The number of nitrogens with zero attached hydrogens (tertiary/aromatic N) is 1. The fraction of sp³-hybridized carbons (Fsp3) is 0.531. The van der Waals surface area contributed by atoms with Crippen LogP contribution in [0.15, 0.2) is 42.5 Å². The van der Waals surface area contributed by atoms with Gasteiger partial charge in [-0.05, 0) is 80.3 Å². The van der Waals surface area contributed by atoms with Crippen molar-refractivity contribution in [2.24, 2.45) is 0 Å². The summed E-state index contributed by atoms with van der Waals surface area (Å²) in [5.41, 5.74) is 2.02. The SMILES string of the molecule is CCCCCCCCCCCCOc1ccc(C(=O)Oc2ccc(C3CC[CH]CC3)cc2)cc1C#N. The highest BCUT2D eigenvalue weighted by atomic mass is 16.5. The van der Waals surface area contributed by atoms with Crippen molar-refractivity contribution >= 4 is 5.97 Å². The third-order valence-electron chi connectivity index (χ3n) is 7.09. The van der Waals surface area contributed by atoms with Gasteiger partial charge in [-0.25, -0.2) is 4.79 Å². The van der Waals surface area contributed by atoms with Crippen molar-refractivity contribution in [1.82, 2.24) is 0 Å². The Balaban J connectivity index is 1.39. The van der Waals surface area contributed by atoms with E-state index in [1.54, 1.807) is 18.2 Å². The summed E-state index contributed by atoms with van der Waals surface area (Å²) in [6, 6.07) is 14.9. The monoisotopic (exact) mass is 488 g/mol. The van der Waals surface area contributed by atoms with Gasteiger partial charge in [-0.1, -0.05) is 76.8 Å². The Morgan fingerprint density at radius 2 is 1.53 bits per heavy atom. The third kappa shape index (κ3) is 9.34. The predicted molar refractivity (Wildman–Crippen MR) is 145 cm³/mol. The summed E-state index contributed by atoms with van der Waals surface area (Å²) >= 11 is 0. The Hall–Kier alpha value is -2.80. The minimum absolute atomic E-state index is 0.352. The number of esters is 1. The zero-order valence-corrected chi connectivity index (χ0v) is 22.0. The molecule has 4 nitrogen and oxygen atoms in total. The van der Waals surface area contributed by atoms with Crippen LogP contribution in [0.25, 0.3) is 0 Å². The number of carbonyl (C=O) groups is 1. The smallest absolute Gasteiger partial charge is 0.343 e. The van der Waals surface area contributed by atoms with E-state index in [0.717, 1.165) is 12.8 Å². The summed E-state index contributed by atoms with van der Waals surface area (Å²) in [4.78, 5) is 12.7. The summed E-state index contributed by atoms with van der Waals surface area (Å²) in [6.45, 7) is 2.83. The molecule has 1 aliphatic rings. The molecule has 0 spiro atoms. The average molecular weight is 489 g/mol. The molecule has 0 saturated heterocycles. The molecule has 1 aliphatic carbocycles. The molecule has 0 aliphatic heterocycles. The summed E-state index contributed by atoms with van der Waals surface area (Å²) in [6.07, 6.45) is 19.8. The molecule has 0 heterocycles. The lowest BCUT2D eigenvalue weighted by molar-refractivity contribution is 0.0734. The Morgan fingerprint density at radius 1 is 0.889 bits per heavy atom. The first-order chi connectivity index (χ1) is 17.7. The van der Waals surface area contributed by atoms with Gasteiger partial charge in [0.1, 0.15) is 17.6 Å². The van der Waals surface area contributed by atoms with Crippen LogP contribution < -0.4 is 9.47 Å². The molecule has 0 bridgehead atoms. The first-order valence-corrected chi connectivity index (χ1v) is 14.0. The number of nitriles is 1. The minimum atomic E-state index is -0.465. The highest BCUT2D eigenvalue weighted by molar-refractivity contribution is 5.91. The van der Waals surface area contributed by atoms with Crippen LogP contribution in [0.5, 0.6) is 11.5 Å². The fourth-order valence-electron chi connectivity index (χ4n) is 4.88. The Kier molecular flexibility index (Phi) is 12.4. The standard InChI is InChI=1S/C32H42NO3/c1-2-3-4-5-6-7-8-9-10-14-23-35-31-22-19-28(24-29(31)25-33)32(34)36-30-20-17-27(18-21-30)26-15-12-11-13-16-26/h11,17-22,24,26H,2-10,12-16,23H2,1H3. The molecule has 3 rings (SSSR count). The molecule has 0 atom stereocenters. The van der Waals surface area contributed by atoms with Crippen molar-refractivity contribution in [3.05, 3.63) is 65.6 Å². The summed E-state index contributed by atoms with van der Waals surface area (Å²) < 4.78 is 11.4. The van der Waals surface area contributed by atoms with Crippen LogP contribution in [0.4, 0.5) is 0 Å². The van der Waals surface area contributed by atoms with Crippen LogP contribution in [-0.2, 0) is 0 Å². The Labute approximate surface area is 218 Å². The van der Waals surface area contributed by atoms with E-state index in [4.69, 9.17) is 9.47 Å². The van der Waals surface area contributed by atoms with E-state index < -0.39 is 5.97 Å². The van der Waals surface area contributed by atoms with Crippen molar-refractivity contribution in [2.45, 2.75) is 103 Å². The van der Waals surface area contributed by atoms with Crippen molar-refractivity contribution in [2.75, 3.05) is 6.61 Å². The predicted octanol–water partition coefficient (Wildman–Crippen LogP) is 8.94. The second-order valence-electron chi connectivity index (χ2n) is 9.95. The van der Waals surface area contributed by atoms with Crippen LogP contribution >= 0.6 is 0 Å². The fourth-order valence-corrected chi connectivity index (χ4v) is 4.88. The lowest BCUT2D eigenvalue weighted by atomic mass is 9.84. The molecular formula is C32H42NO3. The normalized spacial score (nSPS) is 13.8.